The number of urea groups is 1. The van der Waals surface area contributed by atoms with Gasteiger partial charge in [0.15, 0.2) is 5.69 Å². The van der Waals surface area contributed by atoms with Crippen LogP contribution in [0.3, 0.4) is 0 Å². The molecule has 10 nitrogen and oxygen atoms in total. The van der Waals surface area contributed by atoms with E-state index in [-0.39, 0.29) is 23.4 Å². The van der Waals surface area contributed by atoms with Crippen LogP contribution in [-0.2, 0) is 6.18 Å². The number of piperidine rings is 2. The number of benzene rings is 1. The number of hydrogen-bond donors (Lipinski definition) is 3. The molecule has 0 atom stereocenters. The van der Waals surface area contributed by atoms with Gasteiger partial charge < -0.3 is 30.2 Å². The summed E-state index contributed by atoms with van der Waals surface area (Å²) in [6, 6.07) is 8.28. The standard InChI is InChI=1S/C27H29F4N7O3/c28-19-6-2-3-7-20(19)35-25(40)34-17-10-14-37(15-11-17)21-9-8-18(16-32-21)33-24(39)22-23(27(29,30)31)36-26(41-22)38-12-4-1-5-13-38/h2-3,6-9,16-17H,1,4-5,10-15H2,(H,33,39)(H2,34,35,40). The highest BCUT2D eigenvalue weighted by molar-refractivity contribution is 6.03. The fourth-order valence-electron chi connectivity index (χ4n) is 4.87. The zero-order valence-electron chi connectivity index (χ0n) is 22.0. The number of aromatic nitrogens is 2. The van der Waals surface area contributed by atoms with Crippen LogP contribution in [-0.4, -0.2) is 54.1 Å². The Hall–Kier alpha value is -4.36. The third-order valence-electron chi connectivity index (χ3n) is 7.00. The molecule has 5 rings (SSSR count). The molecule has 2 saturated heterocycles. The van der Waals surface area contributed by atoms with Crippen molar-refractivity contribution >= 4 is 35.1 Å². The molecule has 41 heavy (non-hydrogen) atoms. The van der Waals surface area contributed by atoms with Crippen molar-refractivity contribution in [1.82, 2.24) is 15.3 Å². The number of nitrogens with zero attached hydrogens (tertiary/aromatic N) is 4. The summed E-state index contributed by atoms with van der Waals surface area (Å²) >= 11 is 0. The number of anilines is 4. The molecular weight excluding hydrogens is 546 g/mol. The maximum Gasteiger partial charge on any atom is 0.437 e. The van der Waals surface area contributed by atoms with Gasteiger partial charge in [0, 0.05) is 32.2 Å². The van der Waals surface area contributed by atoms with Gasteiger partial charge in [-0.3, -0.25) is 4.79 Å². The van der Waals surface area contributed by atoms with Crippen LogP contribution in [0, 0.1) is 5.82 Å². The summed E-state index contributed by atoms with van der Waals surface area (Å²) < 4.78 is 59.9. The first-order valence-corrected chi connectivity index (χ1v) is 13.3. The van der Waals surface area contributed by atoms with Crippen molar-refractivity contribution < 1.29 is 31.6 Å². The van der Waals surface area contributed by atoms with Crippen molar-refractivity contribution in [2.24, 2.45) is 0 Å². The minimum Gasteiger partial charge on any atom is -0.417 e. The highest BCUT2D eigenvalue weighted by atomic mass is 19.4. The summed E-state index contributed by atoms with van der Waals surface area (Å²) in [4.78, 5) is 36.5. The largest absolute Gasteiger partial charge is 0.437 e. The van der Waals surface area contributed by atoms with Gasteiger partial charge in [-0.25, -0.2) is 14.2 Å². The maximum absolute atomic E-state index is 13.8. The Labute approximate surface area is 233 Å². The number of nitrogens with one attached hydrogen (secondary N) is 3. The zero-order valence-corrected chi connectivity index (χ0v) is 22.0. The molecule has 2 aromatic heterocycles. The van der Waals surface area contributed by atoms with Crippen molar-refractivity contribution in [2.45, 2.75) is 44.3 Å². The zero-order chi connectivity index (χ0) is 29.0. The fraction of sp³-hybridized carbons (Fsp3) is 0.407. The summed E-state index contributed by atoms with van der Waals surface area (Å²) in [6.45, 7) is 2.18. The number of carbonyl (C=O) groups excluding carboxylic acids is 2. The van der Waals surface area contributed by atoms with Crippen molar-refractivity contribution in [3.63, 3.8) is 0 Å². The van der Waals surface area contributed by atoms with Gasteiger partial charge in [0.25, 0.3) is 11.9 Å². The number of amides is 3. The smallest absolute Gasteiger partial charge is 0.417 e. The van der Waals surface area contributed by atoms with Crippen molar-refractivity contribution in [1.29, 1.82) is 0 Å². The summed E-state index contributed by atoms with van der Waals surface area (Å²) in [5.74, 6) is -1.87. The van der Waals surface area contributed by atoms with Gasteiger partial charge in [0.2, 0.25) is 5.76 Å². The summed E-state index contributed by atoms with van der Waals surface area (Å²) in [5.41, 5.74) is -1.07. The lowest BCUT2D eigenvalue weighted by Gasteiger charge is -2.33. The van der Waals surface area contributed by atoms with Gasteiger partial charge in [-0.1, -0.05) is 12.1 Å². The van der Waals surface area contributed by atoms with Crippen LogP contribution >= 0.6 is 0 Å². The molecule has 0 radical (unpaired) electrons. The van der Waals surface area contributed by atoms with Gasteiger partial charge in [0.05, 0.1) is 17.6 Å². The first kappa shape index (κ1) is 28.2. The molecule has 2 fully saturated rings. The molecule has 0 aliphatic carbocycles. The maximum atomic E-state index is 13.8. The molecule has 218 valence electrons. The van der Waals surface area contributed by atoms with Crippen LogP contribution in [0.2, 0.25) is 0 Å². The van der Waals surface area contributed by atoms with Gasteiger partial charge in [-0.15, -0.1) is 0 Å². The molecule has 3 N–H and O–H groups in total. The van der Waals surface area contributed by atoms with Crippen molar-refractivity contribution in [3.05, 3.63) is 59.9 Å². The SMILES string of the molecule is O=C(Nc1ccccc1F)NC1CCN(c2ccc(NC(=O)c3oc(N4CCCCC4)nc3C(F)(F)F)cn2)CC1. The number of pyridine rings is 1. The number of alkyl halides is 3. The Bertz CT molecular complexity index is 1370. The van der Waals surface area contributed by atoms with Crippen LogP contribution < -0.4 is 25.8 Å². The van der Waals surface area contributed by atoms with Crippen LogP contribution in [0.5, 0.6) is 0 Å². The predicted octanol–water partition coefficient (Wildman–Crippen LogP) is 5.26. The minimum atomic E-state index is -4.86. The molecular formula is C27H29F4N7O3. The molecule has 0 unspecified atom stereocenters. The van der Waals surface area contributed by atoms with E-state index >= 15 is 0 Å². The Morgan fingerprint density at radius 2 is 1.66 bits per heavy atom. The lowest BCUT2D eigenvalue weighted by Crippen LogP contribution is -2.46. The van der Waals surface area contributed by atoms with E-state index in [0.717, 1.165) is 19.3 Å². The van der Waals surface area contributed by atoms with Gasteiger partial charge >= 0.3 is 12.2 Å². The second-order valence-electron chi connectivity index (χ2n) is 9.92. The number of hydrogen-bond acceptors (Lipinski definition) is 7. The molecule has 14 heteroatoms. The molecule has 2 aliphatic heterocycles. The second kappa shape index (κ2) is 12.0. The van der Waals surface area contributed by atoms with Crippen LogP contribution in [0.25, 0.3) is 0 Å². The van der Waals surface area contributed by atoms with E-state index in [4.69, 9.17) is 4.42 Å². The van der Waals surface area contributed by atoms with E-state index in [2.05, 4.69) is 25.9 Å². The minimum absolute atomic E-state index is 0.0965. The van der Waals surface area contributed by atoms with Crippen LogP contribution in [0.4, 0.5) is 45.6 Å². The van der Waals surface area contributed by atoms with Gasteiger partial charge in [-0.2, -0.15) is 18.2 Å². The average Bonchev–Trinajstić information content (AvgIpc) is 3.43. The van der Waals surface area contributed by atoms with E-state index in [9.17, 15) is 27.2 Å². The Kier molecular flexibility index (Phi) is 8.26. The number of para-hydroxylation sites is 1. The highest BCUT2D eigenvalue weighted by Crippen LogP contribution is 2.35. The van der Waals surface area contributed by atoms with E-state index in [1.165, 1.54) is 24.4 Å². The number of carbonyl (C=O) groups is 2. The Balaban J connectivity index is 1.16. The van der Waals surface area contributed by atoms with Crippen molar-refractivity contribution in [2.75, 3.05) is 46.6 Å². The second-order valence-corrected chi connectivity index (χ2v) is 9.92. The molecule has 1 aromatic carbocycles. The quantitative estimate of drug-likeness (QED) is 0.344. The van der Waals surface area contributed by atoms with E-state index in [0.29, 0.717) is 44.8 Å². The third kappa shape index (κ3) is 6.87. The van der Waals surface area contributed by atoms with Gasteiger partial charge in [-0.05, 0) is 56.4 Å². The molecule has 2 aliphatic rings. The molecule has 0 saturated carbocycles. The van der Waals surface area contributed by atoms with E-state index in [1.807, 2.05) is 4.90 Å². The normalized spacial score (nSPS) is 16.4. The van der Waals surface area contributed by atoms with Crippen LogP contribution in [0.15, 0.2) is 47.0 Å². The summed E-state index contributed by atoms with van der Waals surface area (Å²) in [6.07, 6.45) is 0.333. The molecule has 4 heterocycles. The highest BCUT2D eigenvalue weighted by Gasteiger charge is 2.42. The van der Waals surface area contributed by atoms with Crippen molar-refractivity contribution in [3.8, 4) is 0 Å². The molecule has 0 spiro atoms. The molecule has 0 bridgehead atoms. The first-order valence-electron chi connectivity index (χ1n) is 13.3. The lowest BCUT2D eigenvalue weighted by atomic mass is 10.1. The van der Waals surface area contributed by atoms with Gasteiger partial charge in [0.1, 0.15) is 11.6 Å². The number of rotatable bonds is 6. The summed E-state index contributed by atoms with van der Waals surface area (Å²) in [7, 11) is 0. The Morgan fingerprint density at radius 3 is 2.32 bits per heavy atom. The fourth-order valence-corrected chi connectivity index (χ4v) is 4.87. The number of halogens is 4. The lowest BCUT2D eigenvalue weighted by molar-refractivity contribution is -0.141. The monoisotopic (exact) mass is 575 g/mol. The summed E-state index contributed by atoms with van der Waals surface area (Å²) in [5, 5.41) is 7.76. The van der Waals surface area contributed by atoms with E-state index in [1.54, 1.807) is 23.1 Å². The average molecular weight is 576 g/mol. The molecule has 3 amide bonds. The third-order valence-corrected chi connectivity index (χ3v) is 7.00. The first-order chi connectivity index (χ1) is 19.7. The van der Waals surface area contributed by atoms with E-state index < -0.39 is 35.4 Å². The van der Waals surface area contributed by atoms with Crippen LogP contribution in [0.1, 0.15) is 48.4 Å². The Morgan fingerprint density at radius 1 is 0.927 bits per heavy atom. The topological polar surface area (TPSA) is 116 Å². The predicted molar refractivity (Wildman–Crippen MR) is 144 cm³/mol. The number of oxazole rings is 1. The molecule has 3 aromatic rings.